The van der Waals surface area contributed by atoms with E-state index in [4.69, 9.17) is 45.6 Å². The summed E-state index contributed by atoms with van der Waals surface area (Å²) in [6.07, 6.45) is 0. The van der Waals surface area contributed by atoms with Crippen LogP contribution in [0.25, 0.3) is 0 Å². The molecule has 0 spiro atoms. The fraction of sp³-hybridized carbons (Fsp3) is 0.200. The first-order chi connectivity index (χ1) is 9.55. The number of amides is 1. The van der Waals surface area contributed by atoms with Crippen molar-refractivity contribution in [3.05, 3.63) is 27.2 Å². The van der Waals surface area contributed by atoms with Crippen molar-refractivity contribution in [3.63, 3.8) is 0 Å². The Kier molecular flexibility index (Phi) is 5.83. The molecule has 116 valence electrons. The minimum atomic E-state index is -4.44. The van der Waals surface area contributed by atoms with Crippen molar-refractivity contribution in [1.29, 1.82) is 0 Å². The van der Waals surface area contributed by atoms with Crippen molar-refractivity contribution >= 4 is 56.7 Å². The summed E-state index contributed by atoms with van der Waals surface area (Å²) in [5.74, 6) is -2.50. The van der Waals surface area contributed by atoms with Crippen molar-refractivity contribution < 1.29 is 23.1 Å². The number of primary amides is 1. The normalized spacial score (nSPS) is 11.6. The highest BCUT2D eigenvalue weighted by Crippen LogP contribution is 2.34. The molecule has 0 fully saturated rings. The maximum atomic E-state index is 12.4. The van der Waals surface area contributed by atoms with Gasteiger partial charge in [-0.25, -0.2) is 8.42 Å². The molecule has 1 aromatic carbocycles. The number of carboxylic acids is 1. The molecule has 0 aliphatic carbocycles. The third-order valence-electron chi connectivity index (χ3n) is 2.20. The molecule has 0 saturated heterocycles. The molecule has 0 atom stereocenters. The maximum Gasteiger partial charge on any atom is 0.318 e. The molecule has 0 aliphatic heterocycles. The second-order valence-corrected chi connectivity index (χ2v) is 6.96. The highest BCUT2D eigenvalue weighted by Gasteiger charge is 2.32. The molecular formula is C10H9Cl3N2O5S. The second kappa shape index (κ2) is 6.80. The molecule has 0 radical (unpaired) electrons. The molecule has 0 saturated carbocycles. The summed E-state index contributed by atoms with van der Waals surface area (Å²) in [4.78, 5) is 21.1. The van der Waals surface area contributed by atoms with Gasteiger partial charge in [0, 0.05) is 5.02 Å². The number of nitrogens with zero attached hydrogens (tertiary/aromatic N) is 1. The zero-order chi connectivity index (χ0) is 16.4. The van der Waals surface area contributed by atoms with Gasteiger partial charge in [-0.1, -0.05) is 34.8 Å². The van der Waals surface area contributed by atoms with Crippen LogP contribution in [0.5, 0.6) is 0 Å². The van der Waals surface area contributed by atoms with Gasteiger partial charge in [-0.3, -0.25) is 9.59 Å². The van der Waals surface area contributed by atoms with Gasteiger partial charge in [-0.15, -0.1) is 0 Å². The van der Waals surface area contributed by atoms with Gasteiger partial charge in [0.05, 0.1) is 16.6 Å². The predicted octanol–water partition coefficient (Wildman–Crippen LogP) is 1.21. The van der Waals surface area contributed by atoms with Crippen LogP contribution in [0.4, 0.5) is 0 Å². The Labute approximate surface area is 135 Å². The van der Waals surface area contributed by atoms with Gasteiger partial charge in [0.15, 0.2) is 0 Å². The van der Waals surface area contributed by atoms with Crippen molar-refractivity contribution in [3.8, 4) is 0 Å². The van der Waals surface area contributed by atoms with E-state index in [-0.39, 0.29) is 15.1 Å². The number of halogens is 3. The van der Waals surface area contributed by atoms with Gasteiger partial charge in [0.2, 0.25) is 15.9 Å². The molecule has 0 unspecified atom stereocenters. The smallest absolute Gasteiger partial charge is 0.318 e. The summed E-state index contributed by atoms with van der Waals surface area (Å²) in [6, 6.07) is 2.26. The molecule has 1 aromatic rings. The first-order valence-electron chi connectivity index (χ1n) is 5.20. The van der Waals surface area contributed by atoms with Gasteiger partial charge in [0.25, 0.3) is 0 Å². The fourth-order valence-corrected chi connectivity index (χ4v) is 4.30. The molecule has 1 amide bonds. The molecule has 0 bridgehead atoms. The van der Waals surface area contributed by atoms with Crippen LogP contribution in [0.2, 0.25) is 15.1 Å². The van der Waals surface area contributed by atoms with Crippen molar-refractivity contribution in [2.45, 2.75) is 4.90 Å². The van der Waals surface area contributed by atoms with Crippen LogP contribution in [0, 0.1) is 0 Å². The Morgan fingerprint density at radius 2 is 1.62 bits per heavy atom. The van der Waals surface area contributed by atoms with Crippen LogP contribution in [0.1, 0.15) is 0 Å². The van der Waals surface area contributed by atoms with Crippen LogP contribution in [-0.2, 0) is 19.6 Å². The average Bonchev–Trinajstić information content (AvgIpc) is 2.24. The molecule has 11 heteroatoms. The zero-order valence-corrected chi connectivity index (χ0v) is 13.3. The highest BCUT2D eigenvalue weighted by molar-refractivity contribution is 7.89. The van der Waals surface area contributed by atoms with Gasteiger partial charge in [-0.2, -0.15) is 4.31 Å². The highest BCUT2D eigenvalue weighted by atomic mass is 35.5. The average molecular weight is 376 g/mol. The van der Waals surface area contributed by atoms with E-state index >= 15 is 0 Å². The summed E-state index contributed by atoms with van der Waals surface area (Å²) >= 11 is 17.3. The number of sulfonamides is 1. The van der Waals surface area contributed by atoms with Gasteiger partial charge in [-0.05, 0) is 12.1 Å². The largest absolute Gasteiger partial charge is 0.480 e. The lowest BCUT2D eigenvalue weighted by atomic mass is 10.4. The molecule has 0 aliphatic rings. The molecule has 0 heterocycles. The lowest BCUT2D eigenvalue weighted by molar-refractivity contribution is -0.137. The number of nitrogens with two attached hydrogens (primary N) is 1. The number of carbonyl (C=O) groups excluding carboxylic acids is 1. The second-order valence-electron chi connectivity index (χ2n) is 3.83. The molecular weight excluding hydrogens is 367 g/mol. The summed E-state index contributed by atoms with van der Waals surface area (Å²) in [5, 5.41) is 8.25. The lowest BCUT2D eigenvalue weighted by Gasteiger charge is -2.20. The number of rotatable bonds is 6. The molecule has 1 rings (SSSR count). The lowest BCUT2D eigenvalue weighted by Crippen LogP contribution is -2.41. The van der Waals surface area contributed by atoms with Gasteiger partial charge in [0.1, 0.15) is 11.4 Å². The predicted molar refractivity (Wildman–Crippen MR) is 77.1 cm³/mol. The topological polar surface area (TPSA) is 118 Å². The first kappa shape index (κ1) is 18.0. The van der Waals surface area contributed by atoms with Crippen molar-refractivity contribution in [2.75, 3.05) is 13.1 Å². The maximum absolute atomic E-state index is 12.4. The Morgan fingerprint density at radius 1 is 1.14 bits per heavy atom. The minimum Gasteiger partial charge on any atom is -0.480 e. The van der Waals surface area contributed by atoms with Crippen LogP contribution in [-0.4, -0.2) is 42.8 Å². The van der Waals surface area contributed by atoms with Crippen LogP contribution < -0.4 is 5.73 Å². The van der Waals surface area contributed by atoms with Gasteiger partial charge >= 0.3 is 5.97 Å². The van der Waals surface area contributed by atoms with E-state index in [2.05, 4.69) is 0 Å². The number of hydrogen-bond donors (Lipinski definition) is 2. The first-order valence-corrected chi connectivity index (χ1v) is 7.78. The summed E-state index contributed by atoms with van der Waals surface area (Å²) in [7, 11) is -4.44. The van der Waals surface area contributed by atoms with Gasteiger partial charge < -0.3 is 10.8 Å². The molecule has 21 heavy (non-hydrogen) atoms. The third-order valence-corrected chi connectivity index (χ3v) is 5.14. The molecule has 3 N–H and O–H groups in total. The quantitative estimate of drug-likeness (QED) is 0.775. The Hall–Kier alpha value is -1.06. The summed E-state index contributed by atoms with van der Waals surface area (Å²) < 4.78 is 25.2. The Balaban J connectivity index is 3.42. The van der Waals surface area contributed by atoms with E-state index in [1.165, 1.54) is 0 Å². The Bertz CT molecular complexity index is 653. The number of carboxylic acid groups (broad SMARTS) is 1. The van der Waals surface area contributed by atoms with E-state index in [1.54, 1.807) is 0 Å². The van der Waals surface area contributed by atoms with Crippen LogP contribution in [0.3, 0.4) is 0 Å². The number of aliphatic carboxylic acids is 1. The minimum absolute atomic E-state index is 0.101. The van der Waals surface area contributed by atoms with E-state index < -0.39 is 39.9 Å². The number of benzene rings is 1. The SMILES string of the molecule is NC(=O)CN(CC(=O)O)S(=O)(=O)c1c(Cl)cc(Cl)cc1Cl. The van der Waals surface area contributed by atoms with E-state index in [1.807, 2.05) is 0 Å². The summed E-state index contributed by atoms with van der Waals surface area (Å²) in [6.45, 7) is -1.80. The van der Waals surface area contributed by atoms with Crippen molar-refractivity contribution in [2.24, 2.45) is 5.73 Å². The zero-order valence-electron chi connectivity index (χ0n) is 10.2. The van der Waals surface area contributed by atoms with E-state index in [0.717, 1.165) is 12.1 Å². The fourth-order valence-electron chi connectivity index (χ4n) is 1.46. The third kappa shape index (κ3) is 4.45. The monoisotopic (exact) mass is 374 g/mol. The van der Waals surface area contributed by atoms with Crippen molar-refractivity contribution in [1.82, 2.24) is 4.31 Å². The van der Waals surface area contributed by atoms with Crippen LogP contribution >= 0.6 is 34.8 Å². The number of hydrogen-bond acceptors (Lipinski definition) is 4. The number of carbonyl (C=O) groups is 2. The van der Waals surface area contributed by atoms with Crippen LogP contribution in [0.15, 0.2) is 17.0 Å². The molecule has 0 aromatic heterocycles. The standard InChI is InChI=1S/C10H9Cl3N2O5S/c11-5-1-6(12)10(7(13)2-5)21(19,20)15(3-8(14)16)4-9(17)18/h1-2H,3-4H2,(H2,14,16)(H,17,18). The van der Waals surface area contributed by atoms with E-state index in [0.29, 0.717) is 4.31 Å². The Morgan fingerprint density at radius 3 is 2.00 bits per heavy atom. The summed E-state index contributed by atoms with van der Waals surface area (Å²) in [5.41, 5.74) is 4.92. The van der Waals surface area contributed by atoms with E-state index in [9.17, 15) is 18.0 Å². The molecule has 7 nitrogen and oxygen atoms in total.